The minimum atomic E-state index is 0.461. The predicted octanol–water partition coefficient (Wildman–Crippen LogP) is 5.85. The predicted molar refractivity (Wildman–Crippen MR) is 115 cm³/mol. The van der Waals surface area contributed by atoms with Gasteiger partial charge in [0.1, 0.15) is 0 Å². The van der Waals surface area contributed by atoms with Crippen LogP contribution in [-0.4, -0.2) is 22.6 Å². The van der Waals surface area contributed by atoms with Gasteiger partial charge in [0.05, 0.1) is 11.0 Å². The first-order chi connectivity index (χ1) is 13.0. The average molecular weight is 387 g/mol. The Morgan fingerprint density at radius 1 is 1.30 bits per heavy atom. The Morgan fingerprint density at radius 2 is 2.11 bits per heavy atom. The van der Waals surface area contributed by atoms with Crippen molar-refractivity contribution < 1.29 is 0 Å². The van der Waals surface area contributed by atoms with Crippen LogP contribution in [0.15, 0.2) is 24.3 Å². The molecule has 1 aromatic heterocycles. The Morgan fingerprint density at radius 3 is 2.89 bits per heavy atom. The van der Waals surface area contributed by atoms with Crippen LogP contribution in [0.3, 0.4) is 0 Å². The number of hydrogen-bond donors (Lipinski definition) is 1. The summed E-state index contributed by atoms with van der Waals surface area (Å²) < 4.78 is 2.02. The van der Waals surface area contributed by atoms with E-state index in [2.05, 4.69) is 31.7 Å². The molecule has 2 heterocycles. The van der Waals surface area contributed by atoms with Gasteiger partial charge in [-0.25, -0.2) is 4.98 Å². The molecule has 0 bridgehead atoms. The van der Waals surface area contributed by atoms with Crippen LogP contribution in [-0.2, 0) is 0 Å². The molecule has 2 aromatic rings. The van der Waals surface area contributed by atoms with E-state index in [0.717, 1.165) is 67.2 Å². The van der Waals surface area contributed by atoms with E-state index in [-0.39, 0.29) is 0 Å². The van der Waals surface area contributed by atoms with Gasteiger partial charge in [0.2, 0.25) is 0 Å². The molecule has 146 valence electrons. The first kappa shape index (κ1) is 19.9. The topological polar surface area (TPSA) is 44.9 Å². The molecular weight excluding hydrogens is 356 g/mol. The van der Waals surface area contributed by atoms with E-state index in [1.807, 2.05) is 22.8 Å². The lowest BCUT2D eigenvalue weighted by Gasteiger charge is -2.29. The van der Waals surface area contributed by atoms with Gasteiger partial charge >= 0.3 is 0 Å². The summed E-state index contributed by atoms with van der Waals surface area (Å²) >= 11 is 6.26. The zero-order valence-electron chi connectivity index (χ0n) is 16.8. The molecule has 3 rings (SSSR count). The highest BCUT2D eigenvalue weighted by Gasteiger charge is 2.18. The van der Waals surface area contributed by atoms with Crippen LogP contribution in [0.5, 0.6) is 0 Å². The average Bonchev–Trinajstić information content (AvgIpc) is 2.63. The number of benzene rings is 1. The van der Waals surface area contributed by atoms with Crippen LogP contribution in [0.2, 0.25) is 5.02 Å². The van der Waals surface area contributed by atoms with Gasteiger partial charge in [-0.15, -0.1) is 0 Å². The summed E-state index contributed by atoms with van der Waals surface area (Å²) in [6.07, 6.45) is 9.18. The standard InChI is InChI=1S/C22H31ClN4/c1-4-5-9-17(3)27-20-15-18(23)10-11-19(20)25-22(21(27)24)26-13-7-6-8-16(2)12-14-26/h9-11,15-16,24H,4-8,12-14H2,1-3H3. The lowest BCUT2D eigenvalue weighted by atomic mass is 9.98. The molecule has 1 fully saturated rings. The number of fused-ring (bicyclic) bond motifs is 1. The zero-order chi connectivity index (χ0) is 19.4. The first-order valence-corrected chi connectivity index (χ1v) is 10.6. The van der Waals surface area contributed by atoms with Crippen molar-refractivity contribution in [1.82, 2.24) is 9.55 Å². The summed E-state index contributed by atoms with van der Waals surface area (Å²) in [6.45, 7) is 8.52. The molecule has 27 heavy (non-hydrogen) atoms. The molecule has 0 saturated carbocycles. The van der Waals surface area contributed by atoms with E-state index < -0.39 is 0 Å². The summed E-state index contributed by atoms with van der Waals surface area (Å²) in [7, 11) is 0. The van der Waals surface area contributed by atoms with Crippen LogP contribution >= 0.6 is 11.6 Å². The Labute approximate surface area is 167 Å². The number of rotatable bonds is 4. The lowest BCUT2D eigenvalue weighted by Crippen LogP contribution is -2.36. The second kappa shape index (κ2) is 8.92. The third kappa shape index (κ3) is 4.55. The second-order valence-corrected chi connectivity index (χ2v) is 8.20. The highest BCUT2D eigenvalue weighted by Crippen LogP contribution is 2.24. The maximum absolute atomic E-state index is 8.95. The summed E-state index contributed by atoms with van der Waals surface area (Å²) in [4.78, 5) is 7.21. The smallest absolute Gasteiger partial charge is 0.173 e. The molecule has 1 unspecified atom stereocenters. The summed E-state index contributed by atoms with van der Waals surface area (Å²) in [5.74, 6) is 1.53. The van der Waals surface area contributed by atoms with Crippen LogP contribution in [0.25, 0.3) is 16.7 Å². The first-order valence-electron chi connectivity index (χ1n) is 10.2. The molecule has 0 radical (unpaired) electrons. The fraction of sp³-hybridized carbons (Fsp3) is 0.545. The Balaban J connectivity index is 2.15. The number of aromatic nitrogens is 2. The summed E-state index contributed by atoms with van der Waals surface area (Å²) in [5.41, 5.74) is 3.33. The van der Waals surface area contributed by atoms with Crippen LogP contribution in [0, 0.1) is 11.3 Å². The van der Waals surface area contributed by atoms with Crippen molar-refractivity contribution in [2.24, 2.45) is 5.92 Å². The van der Waals surface area contributed by atoms with Crippen molar-refractivity contribution in [1.29, 1.82) is 5.41 Å². The fourth-order valence-electron chi connectivity index (χ4n) is 3.83. The quantitative estimate of drug-likeness (QED) is 0.716. The minimum absolute atomic E-state index is 0.461. The molecule has 5 heteroatoms. The maximum atomic E-state index is 8.95. The number of allylic oxidation sites excluding steroid dienone is 2. The zero-order valence-corrected chi connectivity index (χ0v) is 17.5. The molecule has 1 N–H and O–H groups in total. The fourth-order valence-corrected chi connectivity index (χ4v) is 4.00. The SMILES string of the molecule is CCCC=C(C)n1c(=N)c(N2CCCCC(C)CC2)nc2ccc(Cl)cc21. The molecule has 1 aliphatic rings. The van der Waals surface area contributed by atoms with Gasteiger partial charge < -0.3 is 4.90 Å². The van der Waals surface area contributed by atoms with Gasteiger partial charge in [-0.2, -0.15) is 0 Å². The normalized spacial score (nSPS) is 19.2. The molecule has 1 aliphatic heterocycles. The second-order valence-electron chi connectivity index (χ2n) is 7.76. The number of nitrogens with zero attached hydrogens (tertiary/aromatic N) is 3. The van der Waals surface area contributed by atoms with Crippen molar-refractivity contribution in [2.75, 3.05) is 18.0 Å². The van der Waals surface area contributed by atoms with Gasteiger partial charge in [-0.3, -0.25) is 9.98 Å². The number of unbranched alkanes of at least 4 members (excludes halogenated alkanes) is 1. The van der Waals surface area contributed by atoms with Crippen molar-refractivity contribution in [3.8, 4) is 0 Å². The molecule has 1 atom stereocenters. The van der Waals surface area contributed by atoms with Crippen molar-refractivity contribution in [3.05, 3.63) is 34.8 Å². The molecule has 1 saturated heterocycles. The van der Waals surface area contributed by atoms with E-state index >= 15 is 0 Å². The van der Waals surface area contributed by atoms with E-state index in [1.165, 1.54) is 12.8 Å². The highest BCUT2D eigenvalue weighted by atomic mass is 35.5. The van der Waals surface area contributed by atoms with Crippen LogP contribution < -0.4 is 10.4 Å². The van der Waals surface area contributed by atoms with E-state index in [9.17, 15) is 0 Å². The molecule has 0 aliphatic carbocycles. The van der Waals surface area contributed by atoms with Gasteiger partial charge in [-0.05, 0) is 50.3 Å². The van der Waals surface area contributed by atoms with Gasteiger partial charge in [0, 0.05) is 23.8 Å². The number of hydrogen-bond acceptors (Lipinski definition) is 3. The Hall–Kier alpha value is -1.81. The largest absolute Gasteiger partial charge is 0.354 e. The van der Waals surface area contributed by atoms with Crippen molar-refractivity contribution in [2.45, 2.75) is 59.3 Å². The van der Waals surface area contributed by atoms with Crippen molar-refractivity contribution >= 4 is 34.1 Å². The van der Waals surface area contributed by atoms with E-state index in [4.69, 9.17) is 22.0 Å². The highest BCUT2D eigenvalue weighted by molar-refractivity contribution is 6.31. The van der Waals surface area contributed by atoms with Crippen molar-refractivity contribution in [3.63, 3.8) is 0 Å². The molecule has 0 spiro atoms. The third-order valence-electron chi connectivity index (χ3n) is 5.49. The molecule has 1 aromatic carbocycles. The monoisotopic (exact) mass is 386 g/mol. The van der Waals surface area contributed by atoms with E-state index in [0.29, 0.717) is 10.5 Å². The number of anilines is 1. The summed E-state index contributed by atoms with van der Waals surface area (Å²) in [5, 5.41) is 9.63. The van der Waals surface area contributed by atoms with Gasteiger partial charge in [0.25, 0.3) is 0 Å². The number of nitrogens with one attached hydrogen (secondary N) is 1. The summed E-state index contributed by atoms with van der Waals surface area (Å²) in [6, 6.07) is 5.77. The molecule has 4 nitrogen and oxygen atoms in total. The Kier molecular flexibility index (Phi) is 6.59. The Bertz CT molecular complexity index is 884. The molecular formula is C22H31ClN4. The third-order valence-corrected chi connectivity index (χ3v) is 5.72. The van der Waals surface area contributed by atoms with Crippen LogP contribution in [0.4, 0.5) is 5.82 Å². The number of halogens is 1. The van der Waals surface area contributed by atoms with Crippen LogP contribution in [0.1, 0.15) is 59.3 Å². The molecule has 0 amide bonds. The van der Waals surface area contributed by atoms with Gasteiger partial charge in [0.15, 0.2) is 11.3 Å². The lowest BCUT2D eigenvalue weighted by molar-refractivity contribution is 0.436. The van der Waals surface area contributed by atoms with Gasteiger partial charge in [-0.1, -0.05) is 50.8 Å². The maximum Gasteiger partial charge on any atom is 0.173 e. The minimum Gasteiger partial charge on any atom is -0.354 e. The van der Waals surface area contributed by atoms with E-state index in [1.54, 1.807) is 0 Å².